The summed E-state index contributed by atoms with van der Waals surface area (Å²) in [5.74, 6) is -1.40. The number of halogens is 2. The van der Waals surface area contributed by atoms with E-state index < -0.39 is 11.7 Å². The minimum absolute atomic E-state index is 0. The number of hydrogen-bond acceptors (Lipinski definition) is 4. The van der Waals surface area contributed by atoms with E-state index in [1.807, 2.05) is 23.1 Å². The highest BCUT2D eigenvalue weighted by Crippen LogP contribution is 2.35. The summed E-state index contributed by atoms with van der Waals surface area (Å²) in [4.78, 5) is 32.2. The van der Waals surface area contributed by atoms with Crippen LogP contribution in [0.15, 0.2) is 42.6 Å². The van der Waals surface area contributed by atoms with Crippen LogP contribution in [0.4, 0.5) is 10.1 Å². The normalized spacial score (nSPS) is 20.9. The van der Waals surface area contributed by atoms with E-state index in [-0.39, 0.29) is 36.7 Å². The lowest BCUT2D eigenvalue weighted by atomic mass is 9.88. The largest absolute Gasteiger partial charge is 0.333 e. The summed E-state index contributed by atoms with van der Waals surface area (Å²) in [6.07, 6.45) is 4.54. The molecule has 2 atom stereocenters. The third-order valence-corrected chi connectivity index (χ3v) is 5.68. The number of benzene rings is 1. The molecule has 2 aromatic rings. The summed E-state index contributed by atoms with van der Waals surface area (Å²) in [7, 11) is 0. The van der Waals surface area contributed by atoms with Gasteiger partial charge in [0.05, 0.1) is 18.2 Å². The van der Waals surface area contributed by atoms with Crippen LogP contribution >= 0.6 is 12.4 Å². The number of rotatable bonds is 4. The third-order valence-electron chi connectivity index (χ3n) is 5.68. The lowest BCUT2D eigenvalue weighted by Gasteiger charge is -2.35. The van der Waals surface area contributed by atoms with Crippen molar-refractivity contribution in [2.45, 2.75) is 44.2 Å². The van der Waals surface area contributed by atoms with E-state index in [9.17, 15) is 14.0 Å². The Morgan fingerprint density at radius 3 is 2.87 bits per heavy atom. The number of aromatic nitrogens is 1. The number of nitrogens with one attached hydrogen (secondary N) is 2. The molecule has 0 bridgehead atoms. The van der Waals surface area contributed by atoms with Crippen molar-refractivity contribution in [2.75, 3.05) is 18.4 Å². The quantitative estimate of drug-likeness (QED) is 0.777. The van der Waals surface area contributed by atoms with Gasteiger partial charge < -0.3 is 15.5 Å². The first-order chi connectivity index (χ1) is 14.1. The molecular weight excluding hydrogens is 407 g/mol. The van der Waals surface area contributed by atoms with Crippen LogP contribution in [-0.2, 0) is 16.1 Å². The molecule has 2 N–H and O–H groups in total. The van der Waals surface area contributed by atoms with E-state index in [0.29, 0.717) is 17.8 Å². The molecule has 2 amide bonds. The van der Waals surface area contributed by atoms with Crippen LogP contribution in [0, 0.1) is 5.82 Å². The fraction of sp³-hybridized carbons (Fsp3) is 0.409. The van der Waals surface area contributed by atoms with Gasteiger partial charge >= 0.3 is 0 Å². The van der Waals surface area contributed by atoms with Crippen LogP contribution in [-0.4, -0.2) is 40.8 Å². The van der Waals surface area contributed by atoms with Crippen LogP contribution in [0.25, 0.3) is 0 Å². The van der Waals surface area contributed by atoms with Crippen molar-refractivity contribution in [1.82, 2.24) is 15.2 Å². The number of anilines is 1. The van der Waals surface area contributed by atoms with Gasteiger partial charge in [-0.2, -0.15) is 0 Å². The van der Waals surface area contributed by atoms with Gasteiger partial charge in [0, 0.05) is 24.3 Å². The monoisotopic (exact) mass is 432 g/mol. The number of pyridine rings is 1. The van der Waals surface area contributed by atoms with Gasteiger partial charge in [-0.15, -0.1) is 12.4 Å². The van der Waals surface area contributed by atoms with Crippen LogP contribution in [0.1, 0.15) is 42.9 Å². The van der Waals surface area contributed by atoms with E-state index in [1.165, 1.54) is 12.1 Å². The summed E-state index contributed by atoms with van der Waals surface area (Å²) in [5, 5.41) is 6.08. The maximum Gasteiger partial charge on any atom is 0.231 e. The molecule has 8 heteroatoms. The Kier molecular flexibility index (Phi) is 7.39. The standard InChI is InChI=1S/C22H25FN4O2.ClH/c23-15-6-7-18-19(13-21(28)26-20(18)12-15)22(29)27(14-16-4-1-2-10-25-16)17-5-3-9-24-11-8-17;/h1-2,4,6-7,10,12,17,19,24H,3,5,8-9,11,13-14H2,(H,26,28);1H. The Hall–Kier alpha value is -2.51. The SMILES string of the molecule is Cl.O=C1CC(C(=O)N(Cc2ccccn2)C2CCCNCC2)c2ccc(F)cc2N1. The van der Waals surface area contributed by atoms with Gasteiger partial charge in [0.2, 0.25) is 11.8 Å². The Morgan fingerprint density at radius 1 is 1.20 bits per heavy atom. The molecule has 6 nitrogen and oxygen atoms in total. The average molecular weight is 433 g/mol. The second-order valence-electron chi connectivity index (χ2n) is 7.66. The highest BCUT2D eigenvalue weighted by Gasteiger charge is 2.36. The van der Waals surface area contributed by atoms with Crippen LogP contribution in [0.2, 0.25) is 0 Å². The lowest BCUT2D eigenvalue weighted by Crippen LogP contribution is -2.44. The van der Waals surface area contributed by atoms with Crippen LogP contribution in [0.5, 0.6) is 0 Å². The topological polar surface area (TPSA) is 74.3 Å². The first kappa shape index (κ1) is 22.2. The molecule has 0 radical (unpaired) electrons. The summed E-state index contributed by atoms with van der Waals surface area (Å²) in [5.41, 5.74) is 1.88. The van der Waals surface area contributed by atoms with Crippen molar-refractivity contribution < 1.29 is 14.0 Å². The molecule has 1 aromatic heterocycles. The molecule has 160 valence electrons. The Morgan fingerprint density at radius 2 is 2.07 bits per heavy atom. The molecule has 0 spiro atoms. The molecule has 3 heterocycles. The molecule has 4 rings (SSSR count). The van der Waals surface area contributed by atoms with Crippen LogP contribution in [0.3, 0.4) is 0 Å². The first-order valence-electron chi connectivity index (χ1n) is 10.1. The predicted octanol–water partition coefficient (Wildman–Crippen LogP) is 3.24. The third kappa shape index (κ3) is 4.96. The number of fused-ring (bicyclic) bond motifs is 1. The molecule has 1 fully saturated rings. The average Bonchev–Trinajstić information content (AvgIpc) is 3.01. The van der Waals surface area contributed by atoms with Crippen molar-refractivity contribution in [3.8, 4) is 0 Å². The van der Waals surface area contributed by atoms with E-state index in [2.05, 4.69) is 15.6 Å². The molecule has 2 unspecified atom stereocenters. The van der Waals surface area contributed by atoms with E-state index in [4.69, 9.17) is 0 Å². The highest BCUT2D eigenvalue weighted by atomic mass is 35.5. The van der Waals surface area contributed by atoms with Gasteiger partial charge in [-0.1, -0.05) is 12.1 Å². The lowest BCUT2D eigenvalue weighted by molar-refractivity contribution is -0.138. The molecular formula is C22H26ClFN4O2. The zero-order valence-electron chi connectivity index (χ0n) is 16.6. The summed E-state index contributed by atoms with van der Waals surface area (Å²) < 4.78 is 13.7. The minimum atomic E-state index is -0.612. The van der Waals surface area contributed by atoms with E-state index in [1.54, 1.807) is 12.3 Å². The van der Waals surface area contributed by atoms with Gasteiger partial charge in [0.15, 0.2) is 0 Å². The maximum absolute atomic E-state index is 13.7. The van der Waals surface area contributed by atoms with Gasteiger partial charge in [0.25, 0.3) is 0 Å². The number of amides is 2. The second kappa shape index (κ2) is 10.00. The fourth-order valence-electron chi connectivity index (χ4n) is 4.22. The van der Waals surface area contributed by atoms with Crippen molar-refractivity contribution in [2.24, 2.45) is 0 Å². The predicted molar refractivity (Wildman–Crippen MR) is 115 cm³/mol. The molecule has 2 aliphatic heterocycles. The summed E-state index contributed by atoms with van der Waals surface area (Å²) >= 11 is 0. The van der Waals surface area contributed by atoms with E-state index in [0.717, 1.165) is 38.0 Å². The van der Waals surface area contributed by atoms with Crippen molar-refractivity contribution >= 4 is 29.9 Å². The Bertz CT molecular complexity index is 888. The van der Waals surface area contributed by atoms with Gasteiger partial charge in [-0.25, -0.2) is 4.39 Å². The van der Waals surface area contributed by atoms with Crippen molar-refractivity contribution in [3.05, 3.63) is 59.7 Å². The summed E-state index contributed by atoms with van der Waals surface area (Å²) in [6, 6.07) is 9.98. The first-order valence-corrected chi connectivity index (χ1v) is 10.1. The molecule has 2 aliphatic rings. The zero-order chi connectivity index (χ0) is 20.2. The van der Waals surface area contributed by atoms with Crippen molar-refractivity contribution in [3.63, 3.8) is 0 Å². The van der Waals surface area contributed by atoms with Crippen molar-refractivity contribution in [1.29, 1.82) is 0 Å². The molecule has 0 saturated carbocycles. The smallest absolute Gasteiger partial charge is 0.231 e. The maximum atomic E-state index is 13.7. The highest BCUT2D eigenvalue weighted by molar-refractivity contribution is 6.01. The zero-order valence-corrected chi connectivity index (χ0v) is 17.5. The number of hydrogen-bond donors (Lipinski definition) is 2. The molecule has 30 heavy (non-hydrogen) atoms. The fourth-order valence-corrected chi connectivity index (χ4v) is 4.22. The van der Waals surface area contributed by atoms with Gasteiger partial charge in [-0.3, -0.25) is 14.6 Å². The minimum Gasteiger partial charge on any atom is -0.333 e. The molecule has 0 aliphatic carbocycles. The summed E-state index contributed by atoms with van der Waals surface area (Å²) in [6.45, 7) is 2.19. The number of nitrogens with zero attached hydrogens (tertiary/aromatic N) is 2. The number of carbonyl (C=O) groups is 2. The van der Waals surface area contributed by atoms with E-state index >= 15 is 0 Å². The Labute approximate surface area is 181 Å². The second-order valence-corrected chi connectivity index (χ2v) is 7.66. The van der Waals surface area contributed by atoms with Gasteiger partial charge in [0.1, 0.15) is 5.82 Å². The number of carbonyl (C=O) groups excluding carboxylic acids is 2. The molecule has 1 aromatic carbocycles. The Balaban J connectivity index is 0.00000256. The van der Waals surface area contributed by atoms with Crippen LogP contribution < -0.4 is 10.6 Å². The van der Waals surface area contributed by atoms with Gasteiger partial charge in [-0.05, 0) is 62.2 Å². The molecule has 1 saturated heterocycles.